The molecule has 0 amide bonds. The second-order valence-electron chi connectivity index (χ2n) is 5.70. The van der Waals surface area contributed by atoms with E-state index in [0.29, 0.717) is 30.9 Å². The Labute approximate surface area is 147 Å². The van der Waals surface area contributed by atoms with Crippen LogP contribution in [0.5, 0.6) is 0 Å². The highest BCUT2D eigenvalue weighted by Crippen LogP contribution is 2.21. The van der Waals surface area contributed by atoms with Gasteiger partial charge in [0.25, 0.3) is 0 Å². The second-order valence-corrected chi connectivity index (χ2v) is 5.70. The van der Waals surface area contributed by atoms with Crippen molar-refractivity contribution in [2.45, 2.75) is 19.4 Å². The van der Waals surface area contributed by atoms with Gasteiger partial charge in [-0.25, -0.2) is 28.8 Å². The molecule has 0 aliphatic rings. The molecule has 0 atom stereocenters. The number of halogens is 2. The number of rotatable bonds is 6. The van der Waals surface area contributed by atoms with E-state index in [1.165, 1.54) is 24.7 Å². The monoisotopic (exact) mass is 355 g/mol. The van der Waals surface area contributed by atoms with Crippen LogP contribution in [0, 0.1) is 5.82 Å². The topological polar surface area (TPSA) is 73.8 Å². The molecule has 7 nitrogen and oxygen atoms in total. The Morgan fingerprint density at radius 1 is 1.08 bits per heavy atom. The van der Waals surface area contributed by atoms with Gasteiger partial charge in [-0.05, 0) is 25.0 Å². The second kappa shape index (κ2) is 6.95. The zero-order valence-electron chi connectivity index (χ0n) is 13.8. The van der Waals surface area contributed by atoms with Gasteiger partial charge in [0.1, 0.15) is 18.3 Å². The lowest BCUT2D eigenvalue weighted by Crippen LogP contribution is -2.10. The van der Waals surface area contributed by atoms with Gasteiger partial charge in [-0.2, -0.15) is 5.10 Å². The molecule has 0 aliphatic carbocycles. The summed E-state index contributed by atoms with van der Waals surface area (Å²) >= 11 is 0. The third-order valence-electron chi connectivity index (χ3n) is 4.08. The molecule has 0 aliphatic heterocycles. The van der Waals surface area contributed by atoms with Crippen molar-refractivity contribution in [2.75, 3.05) is 6.67 Å². The van der Waals surface area contributed by atoms with Gasteiger partial charge in [0.15, 0.2) is 17.3 Å². The summed E-state index contributed by atoms with van der Waals surface area (Å²) in [5.41, 5.74) is 2.36. The van der Waals surface area contributed by atoms with Crippen molar-refractivity contribution in [3.05, 3.63) is 60.5 Å². The minimum Gasteiger partial charge on any atom is -0.324 e. The fourth-order valence-corrected chi connectivity index (χ4v) is 2.88. The van der Waals surface area contributed by atoms with Gasteiger partial charge in [-0.1, -0.05) is 0 Å². The molecule has 9 heteroatoms. The molecule has 4 aromatic heterocycles. The van der Waals surface area contributed by atoms with Crippen molar-refractivity contribution in [1.82, 2.24) is 34.1 Å². The fraction of sp³-hybridized carbons (Fsp3) is 0.235. The molecule has 0 bridgehead atoms. The van der Waals surface area contributed by atoms with E-state index in [1.807, 2.05) is 0 Å². The lowest BCUT2D eigenvalue weighted by molar-refractivity contribution is 0.472. The number of aryl methyl sites for hydroxylation is 1. The molecule has 0 spiro atoms. The van der Waals surface area contributed by atoms with E-state index in [1.54, 1.807) is 27.8 Å². The van der Waals surface area contributed by atoms with Crippen LogP contribution in [-0.4, -0.2) is 40.8 Å². The first-order valence-corrected chi connectivity index (χ1v) is 8.12. The van der Waals surface area contributed by atoms with E-state index < -0.39 is 12.5 Å². The summed E-state index contributed by atoms with van der Waals surface area (Å²) in [6, 6.07) is 2.87. The van der Waals surface area contributed by atoms with E-state index in [9.17, 15) is 8.78 Å². The molecule has 132 valence electrons. The van der Waals surface area contributed by atoms with Gasteiger partial charge in [-0.15, -0.1) is 0 Å². The van der Waals surface area contributed by atoms with Gasteiger partial charge in [0, 0.05) is 24.2 Å². The summed E-state index contributed by atoms with van der Waals surface area (Å²) in [5, 5.41) is 4.07. The third kappa shape index (κ3) is 2.92. The zero-order valence-corrected chi connectivity index (χ0v) is 13.8. The number of fused-ring (bicyclic) bond motifs is 1. The Morgan fingerprint density at radius 3 is 2.85 bits per heavy atom. The molecule has 26 heavy (non-hydrogen) atoms. The number of aromatic nitrogens is 7. The minimum absolute atomic E-state index is 0.173. The largest absolute Gasteiger partial charge is 0.324 e. The highest BCUT2D eigenvalue weighted by Gasteiger charge is 2.16. The lowest BCUT2D eigenvalue weighted by atomic mass is 10.1. The molecule has 4 aromatic rings. The zero-order chi connectivity index (χ0) is 17.9. The summed E-state index contributed by atoms with van der Waals surface area (Å²) in [7, 11) is 0. The van der Waals surface area contributed by atoms with Gasteiger partial charge in [-0.3, -0.25) is 4.39 Å². The molecule has 0 radical (unpaired) electrons. The average Bonchev–Trinajstić information content (AvgIpc) is 3.30. The average molecular weight is 355 g/mol. The van der Waals surface area contributed by atoms with Crippen molar-refractivity contribution in [3.8, 4) is 11.5 Å². The molecule has 0 unspecified atom stereocenters. The maximum atomic E-state index is 14.1. The van der Waals surface area contributed by atoms with Crippen molar-refractivity contribution in [3.63, 3.8) is 0 Å². The van der Waals surface area contributed by atoms with Crippen LogP contribution in [0.1, 0.15) is 17.7 Å². The first-order chi connectivity index (χ1) is 12.8. The number of imidazole rings is 1. The summed E-state index contributed by atoms with van der Waals surface area (Å²) in [5.74, 6) is -0.0406. The molecule has 0 N–H and O–H groups in total. The van der Waals surface area contributed by atoms with Gasteiger partial charge in [0.05, 0.1) is 18.9 Å². The number of alkyl halides is 1. The molecule has 4 heterocycles. The van der Waals surface area contributed by atoms with Crippen LogP contribution in [0.25, 0.3) is 17.2 Å². The van der Waals surface area contributed by atoms with Crippen molar-refractivity contribution in [1.29, 1.82) is 0 Å². The Morgan fingerprint density at radius 2 is 2.00 bits per heavy atom. The predicted octanol–water partition coefficient (Wildman–Crippen LogP) is 2.47. The smallest absolute Gasteiger partial charge is 0.162 e. The summed E-state index contributed by atoms with van der Waals surface area (Å²) in [4.78, 5) is 17.0. The van der Waals surface area contributed by atoms with Crippen molar-refractivity contribution < 1.29 is 8.78 Å². The predicted molar refractivity (Wildman–Crippen MR) is 89.6 cm³/mol. The van der Waals surface area contributed by atoms with Crippen LogP contribution < -0.4 is 0 Å². The summed E-state index contributed by atoms with van der Waals surface area (Å²) < 4.78 is 30.1. The van der Waals surface area contributed by atoms with E-state index >= 15 is 0 Å². The Balaban J connectivity index is 1.75. The lowest BCUT2D eigenvalue weighted by Gasteiger charge is -2.12. The van der Waals surface area contributed by atoms with Crippen molar-refractivity contribution in [2.24, 2.45) is 0 Å². The normalized spacial score (nSPS) is 11.3. The van der Waals surface area contributed by atoms with Crippen LogP contribution in [0.4, 0.5) is 8.78 Å². The number of hydrogen-bond acceptors (Lipinski definition) is 5. The number of nitrogens with zero attached hydrogens (tertiary/aromatic N) is 7. The Kier molecular flexibility index (Phi) is 4.34. The van der Waals surface area contributed by atoms with Gasteiger partial charge >= 0.3 is 0 Å². The molecule has 0 fully saturated rings. The van der Waals surface area contributed by atoms with E-state index in [0.717, 1.165) is 11.3 Å². The standard InChI is InChI=1S/C17H15F2N7/c18-5-1-3-12-14(23-11-26-16(12)22-10-24-26)9-25-8-7-21-17(25)15-13(19)4-2-6-20-15/h2,4,6-8,10-11H,1,3,5,9H2. The first kappa shape index (κ1) is 16.2. The Hall–Kier alpha value is -3.23. The van der Waals surface area contributed by atoms with Crippen LogP contribution in [0.15, 0.2) is 43.4 Å². The van der Waals surface area contributed by atoms with E-state index in [4.69, 9.17) is 0 Å². The highest BCUT2D eigenvalue weighted by molar-refractivity contribution is 5.52. The number of hydrogen-bond donors (Lipinski definition) is 0. The highest BCUT2D eigenvalue weighted by atomic mass is 19.1. The van der Waals surface area contributed by atoms with Crippen LogP contribution in [0.2, 0.25) is 0 Å². The molecule has 0 saturated heterocycles. The van der Waals surface area contributed by atoms with Crippen molar-refractivity contribution >= 4 is 5.65 Å². The van der Waals surface area contributed by atoms with Crippen LogP contribution in [0.3, 0.4) is 0 Å². The maximum Gasteiger partial charge on any atom is 0.162 e. The van der Waals surface area contributed by atoms with E-state index in [2.05, 4.69) is 25.0 Å². The molecule has 0 saturated carbocycles. The molecular weight excluding hydrogens is 340 g/mol. The maximum absolute atomic E-state index is 14.1. The summed E-state index contributed by atoms with van der Waals surface area (Å²) in [6.07, 6.45) is 8.69. The minimum atomic E-state index is -0.446. The van der Waals surface area contributed by atoms with Crippen LogP contribution >= 0.6 is 0 Å². The molecule has 0 aromatic carbocycles. The number of pyridine rings is 1. The molecule has 4 rings (SSSR count). The first-order valence-electron chi connectivity index (χ1n) is 8.12. The van der Waals surface area contributed by atoms with Gasteiger partial charge in [0.2, 0.25) is 0 Å². The Bertz CT molecular complexity index is 1040. The quantitative estimate of drug-likeness (QED) is 0.531. The third-order valence-corrected chi connectivity index (χ3v) is 4.08. The fourth-order valence-electron chi connectivity index (χ4n) is 2.88. The molecular formula is C17H15F2N7. The summed E-state index contributed by atoms with van der Waals surface area (Å²) in [6.45, 7) is -0.0829. The van der Waals surface area contributed by atoms with Crippen LogP contribution in [-0.2, 0) is 13.0 Å². The van der Waals surface area contributed by atoms with E-state index in [-0.39, 0.29) is 5.69 Å². The SMILES string of the molecule is FCCCc1c(Cn2ccnc2-c2ncccc2F)ncn2ncnc12. The van der Waals surface area contributed by atoms with Gasteiger partial charge < -0.3 is 4.57 Å².